The van der Waals surface area contributed by atoms with Gasteiger partial charge in [0.2, 0.25) is 0 Å². The van der Waals surface area contributed by atoms with E-state index in [1.807, 2.05) is 146 Å². The molecule has 0 fully saturated rings. The van der Waals surface area contributed by atoms with Gasteiger partial charge < -0.3 is 9.47 Å². The van der Waals surface area contributed by atoms with Gasteiger partial charge in [-0.05, 0) is 47.5 Å². The number of rotatable bonds is 8. The molecule has 0 radical (unpaired) electrons. The first-order chi connectivity index (χ1) is 29.2. The Morgan fingerprint density at radius 3 is 1.13 bits per heavy atom. The summed E-state index contributed by atoms with van der Waals surface area (Å²) in [6.07, 6.45) is 4.02. The number of hydrogen-bond acceptors (Lipinski definition) is 10. The van der Waals surface area contributed by atoms with E-state index in [1.54, 1.807) is 0 Å². The van der Waals surface area contributed by atoms with Gasteiger partial charge in [0.1, 0.15) is 13.2 Å². The molecule has 0 amide bonds. The molecule has 0 spiro atoms. The number of thiocarbonyl (C=S) groups is 4. The molecule has 0 atom stereocenters. The van der Waals surface area contributed by atoms with E-state index >= 15 is 0 Å². The van der Waals surface area contributed by atoms with Crippen LogP contribution in [0, 0.1) is 0 Å². The molecular formula is C50H28O4S6. The maximum Gasteiger partial charge on any atom is 0.339 e. The molecule has 0 aliphatic heterocycles. The summed E-state index contributed by atoms with van der Waals surface area (Å²) in [7, 11) is 0. The van der Waals surface area contributed by atoms with Crippen LogP contribution >= 0.6 is 71.5 Å². The van der Waals surface area contributed by atoms with Crippen LogP contribution in [0.15, 0.2) is 145 Å². The summed E-state index contributed by atoms with van der Waals surface area (Å²) >= 11 is 26.7. The maximum atomic E-state index is 14.2. The molecule has 0 unspecified atom stereocenters. The molecule has 10 rings (SSSR count). The van der Waals surface area contributed by atoms with Gasteiger partial charge in [0, 0.05) is 74.1 Å². The van der Waals surface area contributed by atoms with E-state index < -0.39 is 11.9 Å². The summed E-state index contributed by atoms with van der Waals surface area (Å²) in [6, 6.07) is 42.8. The Bertz CT molecular complexity index is 2970. The highest BCUT2D eigenvalue weighted by Crippen LogP contribution is 2.44. The summed E-state index contributed by atoms with van der Waals surface area (Å²) in [5, 5.41) is 3.01. The lowest BCUT2D eigenvalue weighted by atomic mass is 9.98. The molecule has 6 aromatic carbocycles. The lowest BCUT2D eigenvalue weighted by Gasteiger charge is -2.12. The average Bonchev–Trinajstić information content (AvgIpc) is 4.03. The van der Waals surface area contributed by atoms with E-state index in [0.717, 1.165) is 74.5 Å². The Hall–Kier alpha value is -5.72. The van der Waals surface area contributed by atoms with Crippen molar-refractivity contribution in [1.29, 1.82) is 0 Å². The molecule has 0 saturated heterocycles. The Kier molecular flexibility index (Phi) is 10.1. The van der Waals surface area contributed by atoms with Crippen molar-refractivity contribution < 1.29 is 19.1 Å². The van der Waals surface area contributed by atoms with Gasteiger partial charge in [-0.2, -0.15) is 0 Å². The van der Waals surface area contributed by atoms with Crippen LogP contribution in [0.1, 0.15) is 63.9 Å². The average molecular weight is 885 g/mol. The van der Waals surface area contributed by atoms with Gasteiger partial charge >= 0.3 is 11.9 Å². The fourth-order valence-electron chi connectivity index (χ4n) is 7.77. The second-order valence-corrected chi connectivity index (χ2v) is 18.2. The van der Waals surface area contributed by atoms with E-state index in [0.29, 0.717) is 41.4 Å². The minimum atomic E-state index is -0.458. The van der Waals surface area contributed by atoms with Crippen molar-refractivity contribution in [3.63, 3.8) is 0 Å². The van der Waals surface area contributed by atoms with Crippen LogP contribution in [0.4, 0.5) is 0 Å². The molecule has 2 aromatic heterocycles. The highest BCUT2D eigenvalue weighted by Gasteiger charge is 2.29. The molecule has 2 heterocycles. The van der Waals surface area contributed by atoms with Crippen molar-refractivity contribution >= 4 is 146 Å². The number of hydrogen-bond donors (Lipinski definition) is 0. The number of esters is 2. The standard InChI is InChI=1S/C50H28O4S6/c51-49(53-25-27-11-3-1-4-12-27)39-23-37-38(47-35(39)19-29(59-47)21-41-43(55)31-15-7-8-16-32(31)44(41)56)24-40(50(52)54-26-28-13-5-2-6-14-28)36-20-30(60-48(36)37)22-42-45(57)33-17-9-10-18-34(33)46(42)58/h1-24H,25-26H2. The van der Waals surface area contributed by atoms with Crippen LogP contribution in [0.5, 0.6) is 0 Å². The summed E-state index contributed by atoms with van der Waals surface area (Å²) in [5.74, 6) is -0.917. The third-order valence-electron chi connectivity index (χ3n) is 10.7. The summed E-state index contributed by atoms with van der Waals surface area (Å²) < 4.78 is 13.6. The first-order valence-electron chi connectivity index (χ1n) is 18.9. The Labute approximate surface area is 374 Å². The van der Waals surface area contributed by atoms with Crippen LogP contribution in [-0.4, -0.2) is 31.4 Å². The van der Waals surface area contributed by atoms with Gasteiger partial charge in [-0.1, -0.05) is 158 Å². The van der Waals surface area contributed by atoms with Crippen LogP contribution in [-0.2, 0) is 22.7 Å². The molecule has 0 saturated carbocycles. The zero-order valence-electron chi connectivity index (χ0n) is 31.4. The minimum absolute atomic E-state index is 0.113. The number of carbonyl (C=O) groups excluding carboxylic acids is 2. The van der Waals surface area contributed by atoms with Crippen molar-refractivity contribution in [2.75, 3.05) is 0 Å². The van der Waals surface area contributed by atoms with Crippen molar-refractivity contribution in [1.82, 2.24) is 0 Å². The van der Waals surface area contributed by atoms with E-state index in [9.17, 15) is 9.59 Å². The topological polar surface area (TPSA) is 52.6 Å². The third-order valence-corrected chi connectivity index (χ3v) is 14.7. The Morgan fingerprint density at radius 1 is 0.450 bits per heavy atom. The fraction of sp³-hybridized carbons (Fsp3) is 0.0400. The molecule has 60 heavy (non-hydrogen) atoms. The third kappa shape index (κ3) is 6.79. The number of thiophene rings is 2. The highest BCUT2D eigenvalue weighted by atomic mass is 32.1. The number of allylic oxidation sites excluding steroid dienone is 2. The van der Waals surface area contributed by atoms with Crippen molar-refractivity contribution in [2.24, 2.45) is 0 Å². The molecule has 8 aromatic rings. The molecule has 0 bridgehead atoms. The monoisotopic (exact) mass is 884 g/mol. The van der Waals surface area contributed by atoms with Crippen molar-refractivity contribution in [2.45, 2.75) is 13.2 Å². The quantitative estimate of drug-likeness (QED) is 0.0850. The SMILES string of the molecule is O=C(OCc1ccccc1)c1cc2c(cc(C(=O)OCc3ccccc3)c3cc(C=C4C(=S)c5ccccc5C4=S)sc32)c2sc(C=C3C(=S)c4ccccc4C3=S)cc12. The molecule has 2 aliphatic carbocycles. The van der Waals surface area contributed by atoms with Gasteiger partial charge in [-0.15, -0.1) is 22.7 Å². The van der Waals surface area contributed by atoms with Gasteiger partial charge in [-0.25, -0.2) is 9.59 Å². The van der Waals surface area contributed by atoms with Gasteiger partial charge in [0.25, 0.3) is 0 Å². The molecule has 4 nitrogen and oxygen atoms in total. The first kappa shape index (κ1) is 38.5. The minimum Gasteiger partial charge on any atom is -0.457 e. The molecular weight excluding hydrogens is 857 g/mol. The van der Waals surface area contributed by atoms with Gasteiger partial charge in [-0.3, -0.25) is 0 Å². The summed E-state index contributed by atoms with van der Waals surface area (Å²) in [6.45, 7) is 0.225. The Morgan fingerprint density at radius 2 is 0.783 bits per heavy atom. The fourth-order valence-corrected chi connectivity index (χ4v) is 11.5. The zero-order chi connectivity index (χ0) is 41.1. The second-order valence-electron chi connectivity index (χ2n) is 14.4. The smallest absolute Gasteiger partial charge is 0.339 e. The lowest BCUT2D eigenvalue weighted by molar-refractivity contribution is 0.0466. The number of fused-ring (bicyclic) bond motifs is 7. The predicted octanol–water partition coefficient (Wildman–Crippen LogP) is 13.0. The summed E-state index contributed by atoms with van der Waals surface area (Å²) in [5.41, 5.74) is 7.92. The van der Waals surface area contributed by atoms with E-state index in [4.69, 9.17) is 58.3 Å². The van der Waals surface area contributed by atoms with Crippen LogP contribution in [0.25, 0.3) is 43.1 Å². The predicted molar refractivity (Wildman–Crippen MR) is 261 cm³/mol. The van der Waals surface area contributed by atoms with Crippen LogP contribution in [0.2, 0.25) is 0 Å². The highest BCUT2D eigenvalue weighted by molar-refractivity contribution is 7.84. The van der Waals surface area contributed by atoms with E-state index in [1.165, 1.54) is 22.7 Å². The zero-order valence-corrected chi connectivity index (χ0v) is 36.3. The van der Waals surface area contributed by atoms with Gasteiger partial charge in [0.15, 0.2) is 0 Å². The van der Waals surface area contributed by atoms with E-state index in [-0.39, 0.29) is 13.2 Å². The number of benzene rings is 6. The molecule has 288 valence electrons. The second kappa shape index (κ2) is 15.7. The number of carbonyl (C=O) groups is 2. The van der Waals surface area contributed by atoms with Crippen LogP contribution < -0.4 is 0 Å². The largest absolute Gasteiger partial charge is 0.457 e. The van der Waals surface area contributed by atoms with Crippen LogP contribution in [0.3, 0.4) is 0 Å². The van der Waals surface area contributed by atoms with Gasteiger partial charge in [0.05, 0.1) is 30.6 Å². The Balaban J connectivity index is 1.17. The molecule has 2 aliphatic rings. The summed E-state index contributed by atoms with van der Waals surface area (Å²) in [4.78, 5) is 33.0. The number of ether oxygens (including phenoxy) is 2. The van der Waals surface area contributed by atoms with E-state index in [2.05, 4.69) is 0 Å². The molecule has 0 N–H and O–H groups in total. The van der Waals surface area contributed by atoms with Crippen molar-refractivity contribution in [3.8, 4) is 0 Å². The normalized spacial score (nSPS) is 13.3. The maximum absolute atomic E-state index is 14.2. The molecule has 10 heteroatoms. The first-order valence-corrected chi connectivity index (χ1v) is 22.2. The lowest BCUT2D eigenvalue weighted by Crippen LogP contribution is -2.07. The van der Waals surface area contributed by atoms with Crippen molar-refractivity contribution in [3.05, 3.63) is 199 Å².